The molecule has 1 heterocycles. The Kier molecular flexibility index (Phi) is 2.68. The zero-order valence-corrected chi connectivity index (χ0v) is 8.71. The third kappa shape index (κ3) is 1.67. The lowest BCUT2D eigenvalue weighted by Crippen LogP contribution is -2.27. The van der Waals surface area contributed by atoms with Crippen LogP contribution in [0.4, 0.5) is 5.69 Å². The molecule has 0 aliphatic carbocycles. The number of nitrogens with zero attached hydrogens (tertiary/aromatic N) is 2. The lowest BCUT2D eigenvalue weighted by atomic mass is 10.3. The fourth-order valence-electron chi connectivity index (χ4n) is 1.34. The summed E-state index contributed by atoms with van der Waals surface area (Å²) in [5.41, 5.74) is 0.551. The van der Waals surface area contributed by atoms with Crippen molar-refractivity contribution in [2.75, 3.05) is 11.6 Å². The van der Waals surface area contributed by atoms with Crippen LogP contribution < -0.4 is 5.01 Å². The molecule has 0 saturated heterocycles. The van der Waals surface area contributed by atoms with Crippen molar-refractivity contribution in [3.05, 3.63) is 30.3 Å². The minimum atomic E-state index is -0.703. The smallest absolute Gasteiger partial charge is 0.325 e. The molecular formula is C11H10N2O3. The number of carbonyl (C=O) groups excluding carboxylic acids is 2. The normalized spacial score (nSPS) is 15.3. The molecule has 0 bridgehead atoms. The van der Waals surface area contributed by atoms with Gasteiger partial charge in [0.2, 0.25) is 0 Å². The van der Waals surface area contributed by atoms with E-state index in [0.717, 1.165) is 5.01 Å². The maximum atomic E-state index is 11.6. The van der Waals surface area contributed by atoms with Gasteiger partial charge in [0.05, 0.1) is 12.3 Å². The molecule has 5 heteroatoms. The highest BCUT2D eigenvalue weighted by Crippen LogP contribution is 2.18. The van der Waals surface area contributed by atoms with Crippen molar-refractivity contribution < 1.29 is 14.3 Å². The summed E-state index contributed by atoms with van der Waals surface area (Å²) in [5, 5.41) is 4.89. The number of ether oxygens (including phenoxy) is 1. The predicted molar refractivity (Wildman–Crippen MR) is 58.0 cm³/mol. The van der Waals surface area contributed by atoms with Crippen molar-refractivity contribution >= 4 is 23.3 Å². The quantitative estimate of drug-likeness (QED) is 0.694. The Bertz CT molecular complexity index is 454. The number of hydrazone groups is 1. The number of benzene rings is 1. The zero-order valence-electron chi connectivity index (χ0n) is 8.71. The van der Waals surface area contributed by atoms with E-state index in [-0.39, 0.29) is 5.90 Å². The molecule has 82 valence electrons. The third-order valence-electron chi connectivity index (χ3n) is 2.05. The van der Waals surface area contributed by atoms with Gasteiger partial charge in [-0.15, -0.1) is 5.10 Å². The number of hydrogen-bond donors (Lipinski definition) is 0. The molecule has 0 fully saturated rings. The van der Waals surface area contributed by atoms with Crippen LogP contribution in [0.5, 0.6) is 0 Å². The summed E-state index contributed by atoms with van der Waals surface area (Å²) in [5.74, 6) is -1.53. The van der Waals surface area contributed by atoms with Gasteiger partial charge in [0.25, 0.3) is 5.90 Å². The average molecular weight is 218 g/mol. The van der Waals surface area contributed by atoms with Crippen LogP contribution >= 0.6 is 0 Å². The number of amides is 1. The summed E-state index contributed by atoms with van der Waals surface area (Å²) >= 11 is 0. The van der Waals surface area contributed by atoms with Gasteiger partial charge < -0.3 is 4.74 Å². The van der Waals surface area contributed by atoms with E-state index < -0.39 is 11.7 Å². The van der Waals surface area contributed by atoms with E-state index in [4.69, 9.17) is 4.74 Å². The second kappa shape index (κ2) is 4.14. The van der Waals surface area contributed by atoms with Crippen molar-refractivity contribution in [2.45, 2.75) is 6.92 Å². The predicted octanol–water partition coefficient (Wildman–Crippen LogP) is 0.952. The second-order valence-corrected chi connectivity index (χ2v) is 3.12. The maximum absolute atomic E-state index is 11.6. The molecular weight excluding hydrogens is 208 g/mol. The Morgan fingerprint density at radius 1 is 1.25 bits per heavy atom. The number of rotatable bonds is 2. The molecule has 0 N–H and O–H groups in total. The number of hydrogen-bond acceptors (Lipinski definition) is 4. The van der Waals surface area contributed by atoms with E-state index in [2.05, 4.69) is 5.10 Å². The van der Waals surface area contributed by atoms with Crippen molar-refractivity contribution in [1.82, 2.24) is 0 Å². The molecule has 1 aromatic rings. The van der Waals surface area contributed by atoms with E-state index in [1.54, 1.807) is 31.2 Å². The van der Waals surface area contributed by atoms with Gasteiger partial charge in [-0.1, -0.05) is 18.2 Å². The molecule has 0 saturated carbocycles. The van der Waals surface area contributed by atoms with E-state index >= 15 is 0 Å². The SMILES string of the molecule is CCOC1=NN(c2ccccc2)C(=O)C1=O. The first-order valence-electron chi connectivity index (χ1n) is 4.89. The first kappa shape index (κ1) is 10.4. The summed E-state index contributed by atoms with van der Waals surface area (Å²) < 4.78 is 4.98. The Labute approximate surface area is 92.3 Å². The Balaban J connectivity index is 2.31. The zero-order chi connectivity index (χ0) is 11.5. The number of carbonyl (C=O) groups is 2. The minimum absolute atomic E-state index is 0.142. The van der Waals surface area contributed by atoms with Gasteiger partial charge in [0.1, 0.15) is 0 Å². The van der Waals surface area contributed by atoms with Gasteiger partial charge >= 0.3 is 11.7 Å². The van der Waals surface area contributed by atoms with Gasteiger partial charge in [0, 0.05) is 0 Å². The highest BCUT2D eigenvalue weighted by molar-refractivity contribution is 6.67. The Hall–Kier alpha value is -2.17. The highest BCUT2D eigenvalue weighted by Gasteiger charge is 2.36. The van der Waals surface area contributed by atoms with E-state index in [1.807, 2.05) is 6.07 Å². The second-order valence-electron chi connectivity index (χ2n) is 3.12. The molecule has 0 radical (unpaired) electrons. The molecule has 0 unspecified atom stereocenters. The first-order chi connectivity index (χ1) is 7.74. The van der Waals surface area contributed by atoms with Crippen LogP contribution in [-0.2, 0) is 14.3 Å². The van der Waals surface area contributed by atoms with Crippen LogP contribution in [0, 0.1) is 0 Å². The molecule has 5 nitrogen and oxygen atoms in total. The molecule has 0 aromatic heterocycles. The molecule has 2 rings (SSSR count). The lowest BCUT2D eigenvalue weighted by molar-refractivity contribution is -0.132. The number of Topliss-reactive ketones (excluding diaryl/α,β-unsaturated/α-hetero) is 1. The van der Waals surface area contributed by atoms with Crippen molar-refractivity contribution in [3.63, 3.8) is 0 Å². The van der Waals surface area contributed by atoms with E-state index in [9.17, 15) is 9.59 Å². The summed E-state index contributed by atoms with van der Waals surface area (Å²) in [6.07, 6.45) is 0. The molecule has 1 amide bonds. The fourth-order valence-corrected chi connectivity index (χ4v) is 1.34. The van der Waals surface area contributed by atoms with Gasteiger partial charge in [-0.3, -0.25) is 9.59 Å². The topological polar surface area (TPSA) is 59.0 Å². The number of para-hydroxylation sites is 1. The Morgan fingerprint density at radius 3 is 2.56 bits per heavy atom. The molecule has 1 aliphatic heterocycles. The van der Waals surface area contributed by atoms with Crippen LogP contribution in [0.25, 0.3) is 0 Å². The number of anilines is 1. The molecule has 0 atom stereocenters. The van der Waals surface area contributed by atoms with Gasteiger partial charge in [-0.05, 0) is 19.1 Å². The molecule has 0 spiro atoms. The van der Waals surface area contributed by atoms with E-state index in [1.165, 1.54) is 0 Å². The largest absolute Gasteiger partial charge is 0.474 e. The monoisotopic (exact) mass is 218 g/mol. The van der Waals surface area contributed by atoms with Crippen LogP contribution in [0.2, 0.25) is 0 Å². The molecule has 16 heavy (non-hydrogen) atoms. The van der Waals surface area contributed by atoms with Crippen LogP contribution in [-0.4, -0.2) is 24.2 Å². The van der Waals surface area contributed by atoms with Gasteiger partial charge in [-0.25, -0.2) is 0 Å². The minimum Gasteiger partial charge on any atom is -0.474 e. The highest BCUT2D eigenvalue weighted by atomic mass is 16.5. The summed E-state index contributed by atoms with van der Waals surface area (Å²) in [6, 6.07) is 8.74. The fraction of sp³-hybridized carbons (Fsp3) is 0.182. The maximum Gasteiger partial charge on any atom is 0.325 e. The molecule has 1 aromatic carbocycles. The van der Waals surface area contributed by atoms with Crippen molar-refractivity contribution in [1.29, 1.82) is 0 Å². The van der Waals surface area contributed by atoms with Crippen LogP contribution in [0.1, 0.15) is 6.92 Å². The third-order valence-corrected chi connectivity index (χ3v) is 2.05. The van der Waals surface area contributed by atoms with Crippen molar-refractivity contribution in [2.24, 2.45) is 5.10 Å². The van der Waals surface area contributed by atoms with E-state index in [0.29, 0.717) is 12.3 Å². The van der Waals surface area contributed by atoms with Gasteiger partial charge in [-0.2, -0.15) is 5.01 Å². The summed E-state index contributed by atoms with van der Waals surface area (Å²) in [4.78, 5) is 23.0. The lowest BCUT2D eigenvalue weighted by Gasteiger charge is -2.08. The van der Waals surface area contributed by atoms with Gasteiger partial charge in [0.15, 0.2) is 0 Å². The molecule has 1 aliphatic rings. The average Bonchev–Trinajstić information content (AvgIpc) is 2.59. The van der Waals surface area contributed by atoms with Crippen LogP contribution in [0.15, 0.2) is 35.4 Å². The summed E-state index contributed by atoms with van der Waals surface area (Å²) in [6.45, 7) is 2.03. The first-order valence-corrected chi connectivity index (χ1v) is 4.89. The Morgan fingerprint density at radius 2 is 1.94 bits per heavy atom. The number of ketones is 1. The summed E-state index contributed by atoms with van der Waals surface area (Å²) in [7, 11) is 0. The standard InChI is InChI=1S/C11H10N2O3/c1-2-16-10-9(14)11(15)13(12-10)8-6-4-3-5-7-8/h3-7H,2H2,1H3. The van der Waals surface area contributed by atoms with Crippen LogP contribution in [0.3, 0.4) is 0 Å². The van der Waals surface area contributed by atoms with Crippen molar-refractivity contribution in [3.8, 4) is 0 Å².